The van der Waals surface area contributed by atoms with Gasteiger partial charge in [0.1, 0.15) is 6.54 Å². The highest BCUT2D eigenvalue weighted by atomic mass is 79.9. The van der Waals surface area contributed by atoms with E-state index in [9.17, 15) is 23.2 Å². The van der Waals surface area contributed by atoms with E-state index in [-0.39, 0.29) is 50.2 Å². The number of halogens is 3. The van der Waals surface area contributed by atoms with Crippen molar-refractivity contribution in [3.8, 4) is 0 Å². The Bertz CT molecular complexity index is 1440. The molecule has 4 heterocycles. The molecule has 1 N–H and O–H groups in total. The zero-order valence-electron chi connectivity index (χ0n) is 20.6. The second-order valence-electron chi connectivity index (χ2n) is 10.3. The molecule has 0 bridgehead atoms. The number of carbonyl (C=O) groups is 3. The smallest absolute Gasteiger partial charge is 0.253 e. The molecule has 2 fully saturated rings. The maximum atomic E-state index is 14.0. The highest BCUT2D eigenvalue weighted by Gasteiger charge is 2.54. The van der Waals surface area contributed by atoms with Gasteiger partial charge in [-0.25, -0.2) is 8.78 Å². The number of amides is 3. The Balaban J connectivity index is 1.22. The molecule has 2 saturated heterocycles. The lowest BCUT2D eigenvalue weighted by atomic mass is 9.73. The predicted octanol–water partition coefficient (Wildman–Crippen LogP) is 4.10. The third-order valence-corrected chi connectivity index (χ3v) is 8.81. The predicted molar refractivity (Wildman–Crippen MR) is 140 cm³/mol. The van der Waals surface area contributed by atoms with Crippen LogP contribution in [0.2, 0.25) is 0 Å². The van der Waals surface area contributed by atoms with Crippen molar-refractivity contribution in [3.63, 3.8) is 0 Å². The number of nitrogens with one attached hydrogen (secondary N) is 1. The molecule has 11 heteroatoms. The molecule has 8 nitrogen and oxygen atoms in total. The van der Waals surface area contributed by atoms with E-state index in [1.54, 1.807) is 17.2 Å². The summed E-state index contributed by atoms with van der Waals surface area (Å²) in [5, 5.41) is 7.74. The first-order valence-electron chi connectivity index (χ1n) is 12.7. The normalized spacial score (nSPS) is 20.3. The van der Waals surface area contributed by atoms with Gasteiger partial charge in [0.25, 0.3) is 11.8 Å². The summed E-state index contributed by atoms with van der Waals surface area (Å²) < 4.78 is 28.0. The average molecular weight is 586 g/mol. The Morgan fingerprint density at radius 2 is 1.71 bits per heavy atom. The second-order valence-corrected chi connectivity index (χ2v) is 11.2. The van der Waals surface area contributed by atoms with E-state index < -0.39 is 11.3 Å². The lowest BCUT2D eigenvalue weighted by molar-refractivity contribution is -0.137. The summed E-state index contributed by atoms with van der Waals surface area (Å²) in [5.41, 5.74) is 2.04. The summed E-state index contributed by atoms with van der Waals surface area (Å²) in [6, 6.07) is 10.9. The molecule has 0 radical (unpaired) electrons. The van der Waals surface area contributed by atoms with Gasteiger partial charge < -0.3 is 14.7 Å². The molecule has 2 aromatic carbocycles. The van der Waals surface area contributed by atoms with Gasteiger partial charge in [-0.3, -0.25) is 19.5 Å². The Morgan fingerprint density at radius 3 is 2.45 bits per heavy atom. The number of anilines is 1. The first-order valence-corrected chi connectivity index (χ1v) is 13.5. The first kappa shape index (κ1) is 25.0. The Hall–Kier alpha value is -3.34. The summed E-state index contributed by atoms with van der Waals surface area (Å²) in [7, 11) is 0. The van der Waals surface area contributed by atoms with Crippen LogP contribution in [0.15, 0.2) is 47.1 Å². The van der Waals surface area contributed by atoms with Gasteiger partial charge in [0.05, 0.1) is 17.1 Å². The van der Waals surface area contributed by atoms with Crippen LogP contribution in [0.3, 0.4) is 0 Å². The Morgan fingerprint density at radius 1 is 1.00 bits per heavy atom. The Labute approximate surface area is 226 Å². The molecule has 1 aromatic heterocycles. The van der Waals surface area contributed by atoms with Crippen LogP contribution in [-0.2, 0) is 15.0 Å². The number of carbonyl (C=O) groups excluding carboxylic acids is 3. The molecule has 0 aliphatic carbocycles. The van der Waals surface area contributed by atoms with Crippen LogP contribution < -0.4 is 4.90 Å². The van der Waals surface area contributed by atoms with E-state index in [1.807, 2.05) is 30.3 Å². The van der Waals surface area contributed by atoms with Crippen LogP contribution in [0.5, 0.6) is 0 Å². The maximum absolute atomic E-state index is 14.0. The molecule has 3 aliphatic heterocycles. The average Bonchev–Trinajstić information content (AvgIpc) is 3.46. The van der Waals surface area contributed by atoms with Gasteiger partial charge in [-0.15, -0.1) is 0 Å². The summed E-state index contributed by atoms with van der Waals surface area (Å²) >= 11 is 3.62. The summed E-state index contributed by atoms with van der Waals surface area (Å²) in [6.07, 6.45) is 1.78. The first-order chi connectivity index (χ1) is 18.2. The molecule has 3 amide bonds. The second kappa shape index (κ2) is 9.14. The van der Waals surface area contributed by atoms with Crippen molar-refractivity contribution < 1.29 is 23.2 Å². The highest BCUT2D eigenvalue weighted by Crippen LogP contribution is 2.51. The number of alkyl halides is 2. The van der Waals surface area contributed by atoms with E-state index in [0.717, 1.165) is 20.9 Å². The number of aromatic nitrogens is 2. The van der Waals surface area contributed by atoms with E-state index in [1.165, 1.54) is 9.80 Å². The number of likely N-dealkylation sites (tertiary alicyclic amines) is 2. The van der Waals surface area contributed by atoms with Crippen molar-refractivity contribution in [2.75, 3.05) is 37.6 Å². The fourth-order valence-electron chi connectivity index (χ4n) is 5.98. The van der Waals surface area contributed by atoms with Crippen molar-refractivity contribution >= 4 is 50.2 Å². The number of fused-ring (bicyclic) bond motifs is 3. The summed E-state index contributed by atoms with van der Waals surface area (Å²) in [6.45, 7) is 0.538. The van der Waals surface area contributed by atoms with Crippen LogP contribution in [-0.4, -0.2) is 76.4 Å². The topological polar surface area (TPSA) is 89.6 Å². The van der Waals surface area contributed by atoms with Crippen LogP contribution in [0.1, 0.15) is 41.6 Å². The van der Waals surface area contributed by atoms with Crippen LogP contribution in [0.4, 0.5) is 14.5 Å². The van der Waals surface area contributed by atoms with Crippen LogP contribution >= 0.6 is 15.9 Å². The van der Waals surface area contributed by atoms with Crippen molar-refractivity contribution in [1.29, 1.82) is 0 Å². The van der Waals surface area contributed by atoms with Gasteiger partial charge in [-0.1, -0.05) is 22.0 Å². The minimum atomic E-state index is -2.75. The van der Waals surface area contributed by atoms with Crippen molar-refractivity contribution in [2.24, 2.45) is 0 Å². The molecule has 3 aliphatic rings. The molecular formula is C27H26BrF2N5O3. The SMILES string of the molecule is O=C(CN1C(=O)C2(CCN(C(=O)c3ccc4[nH]ncc4c3)CC2)c2c(Br)cccc21)N1CCC(F)(F)CC1. The maximum Gasteiger partial charge on any atom is 0.253 e. The van der Waals surface area contributed by atoms with Gasteiger partial charge in [0.2, 0.25) is 11.8 Å². The van der Waals surface area contributed by atoms with Crippen molar-refractivity contribution in [3.05, 3.63) is 58.2 Å². The molecular weight excluding hydrogens is 560 g/mol. The van der Waals surface area contributed by atoms with Gasteiger partial charge in [-0.05, 0) is 43.2 Å². The van der Waals surface area contributed by atoms with Gasteiger partial charge in [0.15, 0.2) is 0 Å². The van der Waals surface area contributed by atoms with Crippen molar-refractivity contribution in [1.82, 2.24) is 20.0 Å². The largest absolute Gasteiger partial charge is 0.341 e. The summed E-state index contributed by atoms with van der Waals surface area (Å²) in [4.78, 5) is 45.0. The quantitative estimate of drug-likeness (QED) is 0.501. The molecule has 0 atom stereocenters. The third-order valence-electron chi connectivity index (χ3n) is 8.15. The minimum absolute atomic E-state index is 0.0218. The number of hydrogen-bond donors (Lipinski definition) is 1. The number of hydrogen-bond acceptors (Lipinski definition) is 4. The highest BCUT2D eigenvalue weighted by molar-refractivity contribution is 9.10. The van der Waals surface area contributed by atoms with Crippen LogP contribution in [0, 0.1) is 0 Å². The number of benzene rings is 2. The zero-order valence-corrected chi connectivity index (χ0v) is 22.1. The number of aromatic amines is 1. The fraction of sp³-hybridized carbons (Fsp3) is 0.407. The number of H-pyrrole nitrogens is 1. The zero-order chi connectivity index (χ0) is 26.7. The summed E-state index contributed by atoms with van der Waals surface area (Å²) in [5.74, 6) is -3.37. The van der Waals surface area contributed by atoms with E-state index in [4.69, 9.17) is 0 Å². The van der Waals surface area contributed by atoms with Gasteiger partial charge in [-0.2, -0.15) is 5.10 Å². The lowest BCUT2D eigenvalue weighted by Gasteiger charge is -2.39. The molecule has 6 rings (SSSR count). The lowest BCUT2D eigenvalue weighted by Crippen LogP contribution is -2.52. The molecule has 38 heavy (non-hydrogen) atoms. The number of piperidine rings is 2. The van der Waals surface area contributed by atoms with E-state index >= 15 is 0 Å². The molecule has 0 saturated carbocycles. The molecule has 1 spiro atoms. The molecule has 3 aromatic rings. The molecule has 198 valence electrons. The van der Waals surface area contributed by atoms with Crippen LogP contribution in [0.25, 0.3) is 10.9 Å². The minimum Gasteiger partial charge on any atom is -0.341 e. The Kier molecular flexibility index (Phi) is 6.01. The van der Waals surface area contributed by atoms with Gasteiger partial charge >= 0.3 is 0 Å². The number of rotatable bonds is 3. The molecule has 0 unspecified atom stereocenters. The number of nitrogens with zero attached hydrogens (tertiary/aromatic N) is 4. The fourth-order valence-corrected chi connectivity index (χ4v) is 6.71. The van der Waals surface area contributed by atoms with E-state index in [2.05, 4.69) is 26.1 Å². The standard InChI is InChI=1S/C27H26BrF2N5O3/c28-19-2-1-3-21-23(19)26(25(38)35(21)16-22(36)33-12-8-27(29,30)9-13-33)6-10-34(11-7-26)24(37)17-4-5-20-18(14-17)15-31-32-20/h1-5,14-15H,6-13,16H2,(H,31,32). The third kappa shape index (κ3) is 4.07. The van der Waals surface area contributed by atoms with E-state index in [0.29, 0.717) is 37.2 Å². The van der Waals surface area contributed by atoms with Crippen molar-refractivity contribution in [2.45, 2.75) is 37.0 Å². The van der Waals surface area contributed by atoms with Gasteiger partial charge in [0, 0.05) is 65.7 Å². The monoisotopic (exact) mass is 585 g/mol.